The Hall–Kier alpha value is -5.42. The van der Waals surface area contributed by atoms with Crippen LogP contribution in [0.3, 0.4) is 0 Å². The third-order valence-corrected chi connectivity index (χ3v) is 6.60. The molecule has 0 spiro atoms. The van der Waals surface area contributed by atoms with Gasteiger partial charge in [-0.05, 0) is 66.3 Å². The second-order valence-corrected chi connectivity index (χ2v) is 9.23. The van der Waals surface area contributed by atoms with E-state index < -0.39 is 23.6 Å². The molecule has 3 N–H and O–H groups in total. The summed E-state index contributed by atoms with van der Waals surface area (Å²) in [6, 6.07) is 22.8. The molecule has 198 valence electrons. The number of para-hydroxylation sites is 2. The highest BCUT2D eigenvalue weighted by Gasteiger charge is 2.22. The summed E-state index contributed by atoms with van der Waals surface area (Å²) < 4.78 is 15.0. The third-order valence-electron chi connectivity index (χ3n) is 5.78. The number of hydrogen-bond donors (Lipinski definition) is 2. The van der Waals surface area contributed by atoms with E-state index in [1.165, 1.54) is 18.2 Å². The Morgan fingerprint density at radius 3 is 2.10 bits per heavy atom. The van der Waals surface area contributed by atoms with Crippen LogP contribution in [-0.2, 0) is 0 Å². The van der Waals surface area contributed by atoms with Crippen molar-refractivity contribution in [2.24, 2.45) is 16.0 Å². The van der Waals surface area contributed by atoms with Crippen LogP contribution in [0.1, 0.15) is 36.8 Å². The van der Waals surface area contributed by atoms with Gasteiger partial charge in [-0.25, -0.2) is 9.59 Å². The van der Waals surface area contributed by atoms with Crippen LogP contribution in [0.2, 0.25) is 0 Å². The van der Waals surface area contributed by atoms with Crippen LogP contribution in [0.4, 0.5) is 10.7 Å². The summed E-state index contributed by atoms with van der Waals surface area (Å²) in [7, 11) is 0. The monoisotopic (exact) mass is 552 g/mol. The van der Waals surface area contributed by atoms with Crippen LogP contribution in [0.5, 0.6) is 17.2 Å². The molecule has 1 heterocycles. The molecule has 10 nitrogen and oxygen atoms in total. The van der Waals surface area contributed by atoms with Gasteiger partial charge in [0, 0.05) is 5.39 Å². The molecule has 1 amide bonds. The molecule has 0 unspecified atom stereocenters. The van der Waals surface area contributed by atoms with Gasteiger partial charge >= 0.3 is 11.9 Å². The topological polar surface area (TPSA) is 154 Å². The number of aromatic nitrogens is 1. The molecule has 0 radical (unpaired) electrons. The van der Waals surface area contributed by atoms with Gasteiger partial charge in [0.05, 0.1) is 11.3 Å². The van der Waals surface area contributed by atoms with Crippen molar-refractivity contribution >= 4 is 50.8 Å². The molecule has 5 aromatic rings. The quantitative estimate of drug-likeness (QED) is 0.137. The Morgan fingerprint density at radius 2 is 1.48 bits per heavy atom. The number of aryl methyl sites for hydroxylation is 1. The second kappa shape index (κ2) is 11.1. The molecule has 0 saturated heterocycles. The number of nitrogens with two attached hydrogens (primary N) is 1. The standard InChI is InChI=1S/C29H20N4O6S/c1-16-23(26(30)35)27(40-33-16)32-31-24-21-13-12-17(28(36)38-19-8-4-2-5-9-19)14-18(21)15-22(25(24)34)29(37)39-20-10-6-3-7-11-20/h2-15,34H,1H3,(H2,30,35)/b32-31+. The molecule has 4 aromatic carbocycles. The van der Waals surface area contributed by atoms with E-state index in [1.54, 1.807) is 73.7 Å². The van der Waals surface area contributed by atoms with Crippen LogP contribution in [0, 0.1) is 6.92 Å². The van der Waals surface area contributed by atoms with Gasteiger partial charge in [-0.1, -0.05) is 42.5 Å². The molecule has 0 saturated carbocycles. The Kier molecular flexibility index (Phi) is 7.29. The zero-order valence-electron chi connectivity index (χ0n) is 20.9. The van der Waals surface area contributed by atoms with E-state index in [9.17, 15) is 19.5 Å². The molecule has 11 heteroatoms. The Balaban J connectivity index is 1.60. The summed E-state index contributed by atoms with van der Waals surface area (Å²) in [4.78, 5) is 37.8. The van der Waals surface area contributed by atoms with Crippen molar-refractivity contribution in [3.63, 3.8) is 0 Å². The maximum atomic E-state index is 13.1. The van der Waals surface area contributed by atoms with Crippen molar-refractivity contribution in [1.29, 1.82) is 0 Å². The minimum atomic E-state index is -0.856. The number of nitrogens with zero attached hydrogens (tertiary/aromatic N) is 3. The van der Waals surface area contributed by atoms with Gasteiger partial charge in [0.2, 0.25) is 0 Å². The van der Waals surface area contributed by atoms with Crippen molar-refractivity contribution in [3.05, 3.63) is 107 Å². The van der Waals surface area contributed by atoms with Gasteiger partial charge in [0.15, 0.2) is 10.8 Å². The number of hydrogen-bond acceptors (Lipinski definition) is 10. The maximum absolute atomic E-state index is 13.1. The largest absolute Gasteiger partial charge is 0.505 e. The van der Waals surface area contributed by atoms with Gasteiger partial charge in [-0.3, -0.25) is 4.79 Å². The first kappa shape index (κ1) is 26.2. The molecule has 0 bridgehead atoms. The van der Waals surface area contributed by atoms with Gasteiger partial charge in [-0.2, -0.15) is 4.37 Å². The fourth-order valence-corrected chi connectivity index (χ4v) is 4.60. The predicted molar refractivity (Wildman–Crippen MR) is 148 cm³/mol. The lowest BCUT2D eigenvalue weighted by molar-refractivity contribution is 0.0724. The van der Waals surface area contributed by atoms with Crippen LogP contribution >= 0.6 is 11.5 Å². The number of benzene rings is 4. The second-order valence-electron chi connectivity index (χ2n) is 8.47. The molecule has 5 rings (SSSR count). The summed E-state index contributed by atoms with van der Waals surface area (Å²) in [6.07, 6.45) is 0. The number of phenolic OH excluding ortho intramolecular Hbond substituents is 1. The van der Waals surface area contributed by atoms with E-state index in [1.807, 2.05) is 0 Å². The highest BCUT2D eigenvalue weighted by molar-refractivity contribution is 7.10. The van der Waals surface area contributed by atoms with Crippen molar-refractivity contribution < 1.29 is 29.0 Å². The van der Waals surface area contributed by atoms with Gasteiger partial charge in [0.1, 0.15) is 28.3 Å². The van der Waals surface area contributed by atoms with E-state index in [0.717, 1.165) is 11.5 Å². The number of carbonyl (C=O) groups excluding carboxylic acids is 3. The van der Waals surface area contributed by atoms with Gasteiger partial charge < -0.3 is 20.3 Å². The summed E-state index contributed by atoms with van der Waals surface area (Å²) in [5.74, 6) is -2.07. The zero-order valence-corrected chi connectivity index (χ0v) is 21.7. The number of azo groups is 1. The predicted octanol–water partition coefficient (Wildman–Crippen LogP) is 6.26. The smallest absolute Gasteiger partial charge is 0.347 e. The number of fused-ring (bicyclic) bond motifs is 1. The minimum Gasteiger partial charge on any atom is -0.505 e. The lowest BCUT2D eigenvalue weighted by atomic mass is 10.0. The van der Waals surface area contributed by atoms with E-state index in [0.29, 0.717) is 22.2 Å². The molecule has 0 atom stereocenters. The number of carbonyl (C=O) groups is 3. The molecule has 1 aromatic heterocycles. The minimum absolute atomic E-state index is 0.0815. The first-order valence-corrected chi connectivity index (χ1v) is 12.6. The Morgan fingerprint density at radius 1 is 0.850 bits per heavy atom. The van der Waals surface area contributed by atoms with E-state index in [-0.39, 0.29) is 33.1 Å². The Labute approximate surface area is 231 Å². The van der Waals surface area contributed by atoms with Gasteiger partial charge in [-0.15, -0.1) is 10.2 Å². The zero-order chi connectivity index (χ0) is 28.2. The van der Waals surface area contributed by atoms with Crippen molar-refractivity contribution in [2.75, 3.05) is 0 Å². The van der Waals surface area contributed by atoms with Crippen LogP contribution in [0.25, 0.3) is 10.8 Å². The fourth-order valence-electron chi connectivity index (χ4n) is 3.87. The molecular weight excluding hydrogens is 532 g/mol. The van der Waals surface area contributed by atoms with E-state index in [2.05, 4.69) is 14.6 Å². The molecule has 0 fully saturated rings. The van der Waals surface area contributed by atoms with Crippen LogP contribution < -0.4 is 15.2 Å². The van der Waals surface area contributed by atoms with Gasteiger partial charge in [0.25, 0.3) is 5.91 Å². The summed E-state index contributed by atoms with van der Waals surface area (Å²) in [5.41, 5.74) is 5.85. The summed E-state index contributed by atoms with van der Waals surface area (Å²) in [6.45, 7) is 1.61. The number of aromatic hydroxyl groups is 1. The lowest BCUT2D eigenvalue weighted by Crippen LogP contribution is -2.11. The number of phenols is 1. The number of primary amides is 1. The highest BCUT2D eigenvalue weighted by atomic mass is 32.1. The third kappa shape index (κ3) is 5.40. The summed E-state index contributed by atoms with van der Waals surface area (Å²) >= 11 is 0.909. The van der Waals surface area contributed by atoms with Crippen molar-refractivity contribution in [2.45, 2.75) is 6.92 Å². The number of rotatable bonds is 7. The average molecular weight is 553 g/mol. The number of esters is 2. The normalized spacial score (nSPS) is 11.0. The average Bonchev–Trinajstić information content (AvgIpc) is 3.33. The van der Waals surface area contributed by atoms with E-state index in [4.69, 9.17) is 15.2 Å². The molecule has 0 aliphatic rings. The van der Waals surface area contributed by atoms with Crippen molar-refractivity contribution in [1.82, 2.24) is 4.37 Å². The first-order valence-electron chi connectivity index (χ1n) is 11.8. The van der Waals surface area contributed by atoms with Crippen molar-refractivity contribution in [3.8, 4) is 17.2 Å². The Bertz CT molecular complexity index is 1790. The first-order chi connectivity index (χ1) is 19.3. The van der Waals surface area contributed by atoms with Crippen LogP contribution in [-0.4, -0.2) is 27.3 Å². The molecule has 0 aliphatic heterocycles. The molecule has 40 heavy (non-hydrogen) atoms. The SMILES string of the molecule is Cc1nsc(/N=N/c2c(O)c(C(=O)Oc3ccccc3)cc3cc(C(=O)Oc4ccccc4)ccc23)c1C(N)=O. The molecular formula is C29H20N4O6S. The number of amides is 1. The number of ether oxygens (including phenoxy) is 2. The maximum Gasteiger partial charge on any atom is 0.347 e. The van der Waals surface area contributed by atoms with E-state index >= 15 is 0 Å². The fraction of sp³-hybridized carbons (Fsp3) is 0.0345. The van der Waals surface area contributed by atoms with Crippen LogP contribution in [0.15, 0.2) is 95.2 Å². The highest BCUT2D eigenvalue weighted by Crippen LogP contribution is 2.41. The molecule has 0 aliphatic carbocycles. The summed E-state index contributed by atoms with van der Waals surface area (Å²) in [5, 5.41) is 20.3. The lowest BCUT2D eigenvalue weighted by Gasteiger charge is -2.11.